The third-order valence-electron chi connectivity index (χ3n) is 4.59. The Morgan fingerprint density at radius 3 is 2.72 bits per heavy atom. The van der Waals surface area contributed by atoms with Gasteiger partial charge in [0.15, 0.2) is 0 Å². The Hall–Kier alpha value is -2.27. The molecule has 1 unspecified atom stereocenters. The molecule has 1 saturated heterocycles. The molecule has 1 fully saturated rings. The lowest BCUT2D eigenvalue weighted by Crippen LogP contribution is -2.43. The number of hydrogen-bond acceptors (Lipinski definition) is 4. The molecule has 1 aromatic carbocycles. The summed E-state index contributed by atoms with van der Waals surface area (Å²) in [5.74, 6) is 2.71. The molecule has 1 aliphatic rings. The van der Waals surface area contributed by atoms with E-state index < -0.39 is 0 Å². The molecule has 0 aliphatic carbocycles. The molecular weight excluding hydrogens is 318 g/mol. The summed E-state index contributed by atoms with van der Waals surface area (Å²) in [5.41, 5.74) is 1.13. The Bertz CT molecular complexity index is 692. The first kappa shape index (κ1) is 17.5. The van der Waals surface area contributed by atoms with Crippen LogP contribution in [0.1, 0.15) is 36.5 Å². The van der Waals surface area contributed by atoms with Crippen molar-refractivity contribution in [1.82, 2.24) is 4.90 Å². The second-order valence-electron chi connectivity index (χ2n) is 6.18. The molecule has 3 rings (SSSR count). The topological polar surface area (TPSA) is 51.9 Å². The first-order valence-electron chi connectivity index (χ1n) is 8.80. The Morgan fingerprint density at radius 1 is 1.24 bits per heavy atom. The van der Waals surface area contributed by atoms with Crippen LogP contribution in [0, 0.1) is 0 Å². The van der Waals surface area contributed by atoms with Crippen molar-refractivity contribution < 1.29 is 18.7 Å². The van der Waals surface area contributed by atoms with Gasteiger partial charge in [-0.2, -0.15) is 0 Å². The summed E-state index contributed by atoms with van der Waals surface area (Å²) in [5, 5.41) is 0. The molecule has 2 heterocycles. The molecule has 0 radical (unpaired) electrons. The number of methoxy groups -OCH3 is 1. The van der Waals surface area contributed by atoms with Gasteiger partial charge in [0.05, 0.1) is 20.3 Å². The minimum absolute atomic E-state index is 0.127. The van der Waals surface area contributed by atoms with Crippen LogP contribution in [-0.2, 0) is 22.4 Å². The van der Waals surface area contributed by atoms with Crippen LogP contribution in [0.5, 0.6) is 5.75 Å². The zero-order valence-electron chi connectivity index (χ0n) is 14.9. The smallest absolute Gasteiger partial charge is 0.223 e. The average molecular weight is 343 g/mol. The number of carbonyl (C=O) groups excluding carboxylic acids is 1. The zero-order chi connectivity index (χ0) is 17.6. The summed E-state index contributed by atoms with van der Waals surface area (Å²) in [6.45, 7) is 3.73. The van der Waals surface area contributed by atoms with Crippen molar-refractivity contribution in [3.63, 3.8) is 0 Å². The SMILES string of the molecule is CCc1ccc(C2COCCN2C(=O)CCc2ccc(OC)cc2)o1. The summed E-state index contributed by atoms with van der Waals surface area (Å²) in [6, 6.07) is 11.7. The number of morpholine rings is 1. The highest BCUT2D eigenvalue weighted by atomic mass is 16.5. The molecule has 0 bridgehead atoms. The van der Waals surface area contributed by atoms with E-state index in [1.165, 1.54) is 0 Å². The lowest BCUT2D eigenvalue weighted by molar-refractivity contribution is -0.141. The fourth-order valence-corrected chi connectivity index (χ4v) is 3.09. The number of carbonyl (C=O) groups is 1. The van der Waals surface area contributed by atoms with Gasteiger partial charge in [0.2, 0.25) is 5.91 Å². The molecule has 5 heteroatoms. The molecule has 1 atom stereocenters. The molecule has 1 aromatic heterocycles. The van der Waals surface area contributed by atoms with E-state index >= 15 is 0 Å². The van der Waals surface area contributed by atoms with E-state index in [0.717, 1.165) is 29.3 Å². The van der Waals surface area contributed by atoms with Gasteiger partial charge < -0.3 is 18.8 Å². The molecule has 1 aliphatic heterocycles. The van der Waals surface area contributed by atoms with Crippen molar-refractivity contribution in [1.29, 1.82) is 0 Å². The molecule has 5 nitrogen and oxygen atoms in total. The Balaban J connectivity index is 1.63. The van der Waals surface area contributed by atoms with Gasteiger partial charge in [-0.15, -0.1) is 0 Å². The van der Waals surface area contributed by atoms with Gasteiger partial charge in [0.1, 0.15) is 23.3 Å². The normalized spacial score (nSPS) is 17.5. The van der Waals surface area contributed by atoms with Crippen LogP contribution >= 0.6 is 0 Å². The van der Waals surface area contributed by atoms with Crippen molar-refractivity contribution >= 4 is 5.91 Å². The van der Waals surface area contributed by atoms with Crippen molar-refractivity contribution in [3.05, 3.63) is 53.5 Å². The predicted molar refractivity (Wildman–Crippen MR) is 94.7 cm³/mol. The number of ether oxygens (including phenoxy) is 2. The maximum Gasteiger partial charge on any atom is 0.223 e. The predicted octanol–water partition coefficient (Wildman–Crippen LogP) is 3.38. The standard InChI is InChI=1S/C20H25NO4/c1-3-16-9-10-19(25-16)18-14-24-13-12-21(18)20(22)11-6-15-4-7-17(23-2)8-5-15/h4-5,7-10,18H,3,6,11-14H2,1-2H3. The van der Waals surface area contributed by atoms with Gasteiger partial charge in [-0.25, -0.2) is 0 Å². The Labute approximate surface area is 148 Å². The lowest BCUT2D eigenvalue weighted by Gasteiger charge is -2.34. The summed E-state index contributed by atoms with van der Waals surface area (Å²) < 4.78 is 16.6. The number of benzene rings is 1. The third kappa shape index (κ3) is 4.23. The summed E-state index contributed by atoms with van der Waals surface area (Å²) in [4.78, 5) is 14.7. The van der Waals surface area contributed by atoms with E-state index in [9.17, 15) is 4.79 Å². The number of hydrogen-bond donors (Lipinski definition) is 0. The van der Waals surface area contributed by atoms with Crippen LogP contribution in [0.2, 0.25) is 0 Å². The molecule has 2 aromatic rings. The van der Waals surface area contributed by atoms with E-state index in [1.807, 2.05) is 41.3 Å². The number of aryl methyl sites for hydroxylation is 2. The number of furan rings is 1. The van der Waals surface area contributed by atoms with E-state index in [1.54, 1.807) is 7.11 Å². The van der Waals surface area contributed by atoms with Crippen LogP contribution in [0.25, 0.3) is 0 Å². The zero-order valence-corrected chi connectivity index (χ0v) is 14.9. The summed E-state index contributed by atoms with van der Waals surface area (Å²) in [6.07, 6.45) is 2.04. The highest BCUT2D eigenvalue weighted by molar-refractivity contribution is 5.77. The van der Waals surface area contributed by atoms with Gasteiger partial charge in [-0.05, 0) is 36.2 Å². The van der Waals surface area contributed by atoms with E-state index in [4.69, 9.17) is 13.9 Å². The van der Waals surface area contributed by atoms with Crippen LogP contribution in [0.15, 0.2) is 40.8 Å². The Kier molecular flexibility index (Phi) is 5.76. The van der Waals surface area contributed by atoms with Crippen molar-refractivity contribution in [3.8, 4) is 5.75 Å². The third-order valence-corrected chi connectivity index (χ3v) is 4.59. The maximum atomic E-state index is 12.8. The van der Waals surface area contributed by atoms with E-state index in [-0.39, 0.29) is 11.9 Å². The minimum atomic E-state index is -0.127. The molecule has 0 N–H and O–H groups in total. The monoisotopic (exact) mass is 343 g/mol. The van der Waals surface area contributed by atoms with Crippen molar-refractivity contribution in [2.75, 3.05) is 26.9 Å². The molecular formula is C20H25NO4. The fourth-order valence-electron chi connectivity index (χ4n) is 3.09. The van der Waals surface area contributed by atoms with Gasteiger partial charge in [0, 0.05) is 19.4 Å². The number of rotatable bonds is 6. The largest absolute Gasteiger partial charge is 0.497 e. The lowest BCUT2D eigenvalue weighted by atomic mass is 10.1. The average Bonchev–Trinajstić information content (AvgIpc) is 3.15. The maximum absolute atomic E-state index is 12.8. The van der Waals surface area contributed by atoms with Gasteiger partial charge in [-0.3, -0.25) is 4.79 Å². The van der Waals surface area contributed by atoms with Crippen molar-refractivity contribution in [2.45, 2.75) is 32.2 Å². The van der Waals surface area contributed by atoms with Gasteiger partial charge >= 0.3 is 0 Å². The minimum Gasteiger partial charge on any atom is -0.497 e. The second-order valence-corrected chi connectivity index (χ2v) is 6.18. The van der Waals surface area contributed by atoms with Crippen molar-refractivity contribution in [2.24, 2.45) is 0 Å². The van der Waals surface area contributed by atoms with Crippen LogP contribution < -0.4 is 4.74 Å². The summed E-state index contributed by atoms with van der Waals surface area (Å²) >= 11 is 0. The highest BCUT2D eigenvalue weighted by Crippen LogP contribution is 2.27. The van der Waals surface area contributed by atoms with Crippen LogP contribution in [0.3, 0.4) is 0 Å². The highest BCUT2D eigenvalue weighted by Gasteiger charge is 2.30. The fraction of sp³-hybridized carbons (Fsp3) is 0.450. The summed E-state index contributed by atoms with van der Waals surface area (Å²) in [7, 11) is 1.65. The quantitative estimate of drug-likeness (QED) is 0.807. The Morgan fingerprint density at radius 2 is 2.04 bits per heavy atom. The van der Waals surface area contributed by atoms with E-state index in [0.29, 0.717) is 32.6 Å². The molecule has 134 valence electrons. The van der Waals surface area contributed by atoms with Crippen LogP contribution in [0.4, 0.5) is 0 Å². The van der Waals surface area contributed by atoms with Crippen LogP contribution in [-0.4, -0.2) is 37.7 Å². The van der Waals surface area contributed by atoms with Gasteiger partial charge in [0.25, 0.3) is 0 Å². The number of nitrogens with zero attached hydrogens (tertiary/aromatic N) is 1. The first-order chi connectivity index (χ1) is 12.2. The van der Waals surface area contributed by atoms with E-state index in [2.05, 4.69) is 6.92 Å². The molecule has 0 spiro atoms. The van der Waals surface area contributed by atoms with Gasteiger partial charge in [-0.1, -0.05) is 19.1 Å². The number of amides is 1. The molecule has 25 heavy (non-hydrogen) atoms. The second kappa shape index (κ2) is 8.21. The first-order valence-corrected chi connectivity index (χ1v) is 8.80. The molecule has 0 saturated carbocycles. The molecule has 1 amide bonds.